The number of nitriles is 1. The summed E-state index contributed by atoms with van der Waals surface area (Å²) in [5.74, 6) is 0.913. The van der Waals surface area contributed by atoms with Gasteiger partial charge in [0.25, 0.3) is 0 Å². The highest BCUT2D eigenvalue weighted by atomic mass is 16.5. The molecular formula is C12H12N2O2. The molecule has 1 aliphatic rings. The molecule has 16 heavy (non-hydrogen) atoms. The van der Waals surface area contributed by atoms with Gasteiger partial charge in [0.15, 0.2) is 5.88 Å². The molecule has 0 fully saturated rings. The molecule has 0 aliphatic carbocycles. The van der Waals surface area contributed by atoms with E-state index < -0.39 is 0 Å². The molecule has 1 aromatic carbocycles. The van der Waals surface area contributed by atoms with E-state index in [0.29, 0.717) is 12.2 Å². The minimum atomic E-state index is -0.0832. The molecule has 0 amide bonds. The highest BCUT2D eigenvalue weighted by Gasteiger charge is 2.27. The molecular weight excluding hydrogens is 204 g/mol. The van der Waals surface area contributed by atoms with Gasteiger partial charge in [0.1, 0.15) is 18.4 Å². The molecule has 0 radical (unpaired) electrons. The Bertz CT molecular complexity index is 474. The van der Waals surface area contributed by atoms with Crippen LogP contribution in [0.15, 0.2) is 35.7 Å². The maximum absolute atomic E-state index is 9.00. The average Bonchev–Trinajstić information content (AvgIpc) is 2.70. The fourth-order valence-electron chi connectivity index (χ4n) is 1.76. The Labute approximate surface area is 93.9 Å². The Balaban J connectivity index is 2.35. The molecule has 1 aromatic rings. The van der Waals surface area contributed by atoms with Gasteiger partial charge in [0.05, 0.1) is 18.6 Å². The van der Waals surface area contributed by atoms with E-state index in [2.05, 4.69) is 6.07 Å². The topological polar surface area (TPSA) is 68.3 Å². The number of hydrogen-bond acceptors (Lipinski definition) is 4. The number of nitrogens with zero attached hydrogens (tertiary/aromatic N) is 1. The van der Waals surface area contributed by atoms with Crippen molar-refractivity contribution in [3.05, 3.63) is 41.3 Å². The molecule has 82 valence electrons. The van der Waals surface area contributed by atoms with Gasteiger partial charge in [-0.1, -0.05) is 12.1 Å². The molecule has 1 heterocycles. The smallest absolute Gasteiger partial charge is 0.198 e. The predicted molar refractivity (Wildman–Crippen MR) is 58.5 cm³/mol. The fourth-order valence-corrected chi connectivity index (χ4v) is 1.76. The van der Waals surface area contributed by atoms with E-state index in [1.165, 1.54) is 0 Å². The number of nitrogens with two attached hydrogens (primary N) is 1. The van der Waals surface area contributed by atoms with Crippen molar-refractivity contribution in [3.63, 3.8) is 0 Å². The third-order valence-electron chi connectivity index (χ3n) is 2.64. The van der Waals surface area contributed by atoms with Gasteiger partial charge in [-0.2, -0.15) is 5.26 Å². The first-order valence-electron chi connectivity index (χ1n) is 4.92. The second kappa shape index (κ2) is 4.15. The number of benzene rings is 1. The van der Waals surface area contributed by atoms with E-state index in [9.17, 15) is 0 Å². The third-order valence-corrected chi connectivity index (χ3v) is 2.64. The second-order valence-corrected chi connectivity index (χ2v) is 3.53. The van der Waals surface area contributed by atoms with Crippen LogP contribution in [0.1, 0.15) is 11.5 Å². The molecule has 0 bridgehead atoms. The van der Waals surface area contributed by atoms with Gasteiger partial charge in [0.2, 0.25) is 0 Å². The van der Waals surface area contributed by atoms with Crippen molar-refractivity contribution in [1.82, 2.24) is 0 Å². The molecule has 0 saturated heterocycles. The van der Waals surface area contributed by atoms with Crippen LogP contribution < -0.4 is 10.5 Å². The minimum Gasteiger partial charge on any atom is -0.497 e. The Hall–Kier alpha value is -2.15. The molecule has 4 nitrogen and oxygen atoms in total. The molecule has 0 saturated carbocycles. The standard InChI is InChI=1S/C12H12N2O2/c1-15-9-4-2-3-8(5-9)11-7-16-12(14)10(11)6-13/h2-5,11H,7,14H2,1H3. The Morgan fingerprint density at radius 2 is 2.38 bits per heavy atom. The van der Waals surface area contributed by atoms with E-state index in [1.54, 1.807) is 7.11 Å². The van der Waals surface area contributed by atoms with E-state index >= 15 is 0 Å². The van der Waals surface area contributed by atoms with Crippen molar-refractivity contribution in [2.24, 2.45) is 5.73 Å². The maximum atomic E-state index is 9.00. The summed E-state index contributed by atoms with van der Waals surface area (Å²) in [6.07, 6.45) is 0. The third kappa shape index (κ3) is 1.68. The number of methoxy groups -OCH3 is 1. The summed E-state index contributed by atoms with van der Waals surface area (Å²) in [5, 5.41) is 9.00. The summed E-state index contributed by atoms with van der Waals surface area (Å²) >= 11 is 0. The van der Waals surface area contributed by atoms with Gasteiger partial charge in [-0.3, -0.25) is 0 Å². The molecule has 2 rings (SSSR count). The normalized spacial score (nSPS) is 19.1. The molecule has 1 atom stereocenters. The van der Waals surface area contributed by atoms with E-state index in [1.807, 2.05) is 24.3 Å². The van der Waals surface area contributed by atoms with Crippen LogP contribution >= 0.6 is 0 Å². The van der Waals surface area contributed by atoms with Gasteiger partial charge >= 0.3 is 0 Å². The van der Waals surface area contributed by atoms with Crippen molar-refractivity contribution in [2.45, 2.75) is 5.92 Å². The van der Waals surface area contributed by atoms with Gasteiger partial charge < -0.3 is 15.2 Å². The zero-order chi connectivity index (χ0) is 11.5. The fraction of sp³-hybridized carbons (Fsp3) is 0.250. The van der Waals surface area contributed by atoms with E-state index in [0.717, 1.165) is 11.3 Å². The summed E-state index contributed by atoms with van der Waals surface area (Å²) in [4.78, 5) is 0. The van der Waals surface area contributed by atoms with Crippen molar-refractivity contribution in [1.29, 1.82) is 5.26 Å². The maximum Gasteiger partial charge on any atom is 0.198 e. The van der Waals surface area contributed by atoms with Crippen LogP contribution in [0.4, 0.5) is 0 Å². The number of ether oxygens (including phenoxy) is 2. The van der Waals surface area contributed by atoms with Crippen molar-refractivity contribution in [2.75, 3.05) is 13.7 Å². The zero-order valence-electron chi connectivity index (χ0n) is 8.93. The first-order valence-corrected chi connectivity index (χ1v) is 4.92. The van der Waals surface area contributed by atoms with Gasteiger partial charge in [-0.15, -0.1) is 0 Å². The predicted octanol–water partition coefficient (Wildman–Crippen LogP) is 1.50. The monoisotopic (exact) mass is 216 g/mol. The second-order valence-electron chi connectivity index (χ2n) is 3.53. The summed E-state index contributed by atoms with van der Waals surface area (Å²) < 4.78 is 10.3. The van der Waals surface area contributed by atoms with Crippen molar-refractivity contribution >= 4 is 0 Å². The Morgan fingerprint density at radius 3 is 3.06 bits per heavy atom. The average molecular weight is 216 g/mol. The minimum absolute atomic E-state index is 0.0832. The summed E-state index contributed by atoms with van der Waals surface area (Å²) in [7, 11) is 1.61. The Kier molecular flexibility index (Phi) is 2.69. The highest BCUT2D eigenvalue weighted by Crippen LogP contribution is 2.32. The zero-order valence-corrected chi connectivity index (χ0v) is 8.93. The molecule has 0 aromatic heterocycles. The lowest BCUT2D eigenvalue weighted by atomic mass is 9.94. The molecule has 1 unspecified atom stereocenters. The number of hydrogen-bond donors (Lipinski definition) is 1. The van der Waals surface area contributed by atoms with E-state index in [-0.39, 0.29) is 11.8 Å². The van der Waals surface area contributed by atoms with Crippen LogP contribution in [0.3, 0.4) is 0 Å². The van der Waals surface area contributed by atoms with Gasteiger partial charge in [-0.25, -0.2) is 0 Å². The van der Waals surface area contributed by atoms with Crippen LogP contribution in [-0.4, -0.2) is 13.7 Å². The quantitative estimate of drug-likeness (QED) is 0.813. The van der Waals surface area contributed by atoms with Crippen LogP contribution in [-0.2, 0) is 4.74 Å². The molecule has 0 spiro atoms. The van der Waals surface area contributed by atoms with Crippen molar-refractivity contribution in [3.8, 4) is 11.8 Å². The highest BCUT2D eigenvalue weighted by molar-refractivity contribution is 5.42. The van der Waals surface area contributed by atoms with E-state index in [4.69, 9.17) is 20.5 Å². The summed E-state index contributed by atoms with van der Waals surface area (Å²) in [6.45, 7) is 0.419. The van der Waals surface area contributed by atoms with Crippen LogP contribution in [0.2, 0.25) is 0 Å². The molecule has 1 aliphatic heterocycles. The van der Waals surface area contributed by atoms with Crippen LogP contribution in [0, 0.1) is 11.3 Å². The van der Waals surface area contributed by atoms with Crippen LogP contribution in [0.25, 0.3) is 0 Å². The summed E-state index contributed by atoms with van der Waals surface area (Å²) in [6, 6.07) is 9.66. The lowest BCUT2D eigenvalue weighted by molar-refractivity contribution is 0.232. The first kappa shape index (κ1) is 10.4. The van der Waals surface area contributed by atoms with Crippen LogP contribution in [0.5, 0.6) is 5.75 Å². The lowest BCUT2D eigenvalue weighted by Crippen LogP contribution is -2.02. The molecule has 4 heteroatoms. The first-order chi connectivity index (χ1) is 7.76. The lowest BCUT2D eigenvalue weighted by Gasteiger charge is -2.09. The SMILES string of the molecule is COc1cccc(C2COC(N)=C2C#N)c1. The largest absolute Gasteiger partial charge is 0.497 e. The summed E-state index contributed by atoms with van der Waals surface area (Å²) in [5.41, 5.74) is 7.07. The molecule has 2 N–H and O–H groups in total. The van der Waals surface area contributed by atoms with Gasteiger partial charge in [0, 0.05) is 0 Å². The Morgan fingerprint density at radius 1 is 1.56 bits per heavy atom. The van der Waals surface area contributed by atoms with Crippen molar-refractivity contribution < 1.29 is 9.47 Å². The number of rotatable bonds is 2. The van der Waals surface area contributed by atoms with Gasteiger partial charge in [-0.05, 0) is 17.7 Å².